The quantitative estimate of drug-likeness (QED) is 0.487. The fourth-order valence-electron chi connectivity index (χ4n) is 1.94. The van der Waals surface area contributed by atoms with Crippen LogP contribution >= 0.6 is 0 Å². The van der Waals surface area contributed by atoms with Crippen LogP contribution < -0.4 is 5.90 Å². The molecule has 0 bridgehead atoms. The molecule has 120 valence electrons. The number of nitrogens with two attached hydrogens (primary N) is 1. The van der Waals surface area contributed by atoms with Crippen LogP contribution in [0.15, 0.2) is 30.3 Å². The lowest BCUT2D eigenvalue weighted by Crippen LogP contribution is -2.43. The fraction of sp³-hybridized carbons (Fsp3) is 0.400. The highest BCUT2D eigenvalue weighted by Crippen LogP contribution is 2.29. The van der Waals surface area contributed by atoms with E-state index in [9.17, 15) is 14.4 Å². The third kappa shape index (κ3) is 4.05. The van der Waals surface area contributed by atoms with E-state index < -0.39 is 23.5 Å². The first-order chi connectivity index (χ1) is 10.5. The van der Waals surface area contributed by atoms with E-state index in [0.717, 1.165) is 5.56 Å². The summed E-state index contributed by atoms with van der Waals surface area (Å²) in [6, 6.07) is 8.89. The van der Waals surface area contributed by atoms with Crippen molar-refractivity contribution in [3.05, 3.63) is 35.9 Å². The number of ether oxygens (including phenoxy) is 2. The molecule has 0 fully saturated rings. The Morgan fingerprint density at radius 3 is 2.14 bits per heavy atom. The van der Waals surface area contributed by atoms with Crippen LogP contribution in [0.25, 0.3) is 0 Å². The average molecular weight is 309 g/mol. The van der Waals surface area contributed by atoms with Gasteiger partial charge in [0.25, 0.3) is 0 Å². The van der Waals surface area contributed by atoms with Crippen molar-refractivity contribution >= 4 is 18.1 Å². The van der Waals surface area contributed by atoms with Crippen LogP contribution in [0, 0.1) is 5.41 Å². The highest BCUT2D eigenvalue weighted by Gasteiger charge is 2.47. The van der Waals surface area contributed by atoms with Crippen molar-refractivity contribution in [1.29, 1.82) is 0 Å². The van der Waals surface area contributed by atoms with E-state index >= 15 is 0 Å². The number of carbonyl (C=O) groups is 3. The second-order valence-electron chi connectivity index (χ2n) is 4.61. The molecule has 1 aromatic rings. The summed E-state index contributed by atoms with van der Waals surface area (Å²) in [6.07, 6.45) is -1.00. The number of hydrogen-bond acceptors (Lipinski definition) is 7. The first kappa shape index (κ1) is 17.6. The summed E-state index contributed by atoms with van der Waals surface area (Å²) in [5.41, 5.74) is -0.869. The van der Waals surface area contributed by atoms with Gasteiger partial charge in [0.15, 0.2) is 5.41 Å². The van der Waals surface area contributed by atoms with E-state index in [4.69, 9.17) is 10.6 Å². The highest BCUT2D eigenvalue weighted by atomic mass is 16.7. The van der Waals surface area contributed by atoms with Crippen molar-refractivity contribution in [2.75, 3.05) is 0 Å². The van der Waals surface area contributed by atoms with Crippen molar-refractivity contribution in [1.82, 2.24) is 0 Å². The van der Waals surface area contributed by atoms with Gasteiger partial charge in [-0.15, -0.1) is 0 Å². The van der Waals surface area contributed by atoms with Crippen molar-refractivity contribution in [2.45, 2.75) is 33.3 Å². The van der Waals surface area contributed by atoms with E-state index in [-0.39, 0.29) is 19.4 Å². The maximum Gasteiger partial charge on any atom is 0.516 e. The Labute approximate surface area is 128 Å². The molecule has 0 aliphatic carbocycles. The van der Waals surface area contributed by atoms with Gasteiger partial charge in [-0.05, 0) is 18.4 Å². The van der Waals surface area contributed by atoms with Crippen molar-refractivity contribution in [2.24, 2.45) is 11.3 Å². The zero-order valence-electron chi connectivity index (χ0n) is 12.5. The monoisotopic (exact) mass is 309 g/mol. The molecule has 0 aromatic heterocycles. The molecule has 7 heteroatoms. The minimum absolute atomic E-state index is 0.0421. The predicted octanol–water partition coefficient (Wildman–Crippen LogP) is 2.09. The molecular weight excluding hydrogens is 290 g/mol. The molecular formula is C15H19NO6. The number of esters is 1. The topological polar surface area (TPSA) is 105 Å². The SMILES string of the molecule is CCC(CC)(C(=O)ON)C(=O)OC(=O)OCc1ccccc1. The second-order valence-corrected chi connectivity index (χ2v) is 4.61. The molecule has 0 unspecified atom stereocenters. The summed E-state index contributed by atoms with van der Waals surface area (Å²) >= 11 is 0. The maximum atomic E-state index is 12.1. The van der Waals surface area contributed by atoms with Gasteiger partial charge in [0.1, 0.15) is 6.61 Å². The van der Waals surface area contributed by atoms with Gasteiger partial charge in [0.2, 0.25) is 0 Å². The molecule has 0 amide bonds. The third-order valence-electron chi connectivity index (χ3n) is 3.47. The zero-order chi connectivity index (χ0) is 16.6. The van der Waals surface area contributed by atoms with Gasteiger partial charge in [-0.2, -0.15) is 5.90 Å². The van der Waals surface area contributed by atoms with Crippen molar-refractivity contribution in [3.63, 3.8) is 0 Å². The minimum Gasteiger partial charge on any atom is -0.429 e. The van der Waals surface area contributed by atoms with Gasteiger partial charge in [-0.3, -0.25) is 4.79 Å². The van der Waals surface area contributed by atoms with Gasteiger partial charge in [0, 0.05) is 0 Å². The summed E-state index contributed by atoms with van der Waals surface area (Å²) in [4.78, 5) is 39.5. The van der Waals surface area contributed by atoms with Crippen LogP contribution in [-0.4, -0.2) is 18.1 Å². The Morgan fingerprint density at radius 2 is 1.64 bits per heavy atom. The molecule has 0 spiro atoms. The molecule has 0 heterocycles. The lowest BCUT2D eigenvalue weighted by Gasteiger charge is -2.24. The lowest BCUT2D eigenvalue weighted by molar-refractivity contribution is -0.171. The molecule has 1 rings (SSSR count). The smallest absolute Gasteiger partial charge is 0.429 e. The Bertz CT molecular complexity index is 524. The largest absolute Gasteiger partial charge is 0.516 e. The predicted molar refractivity (Wildman–Crippen MR) is 76.0 cm³/mol. The van der Waals surface area contributed by atoms with E-state index in [0.29, 0.717) is 0 Å². The summed E-state index contributed by atoms with van der Waals surface area (Å²) in [7, 11) is 0. The van der Waals surface area contributed by atoms with Gasteiger partial charge < -0.3 is 14.3 Å². The fourth-order valence-corrected chi connectivity index (χ4v) is 1.94. The van der Waals surface area contributed by atoms with E-state index in [1.54, 1.807) is 38.1 Å². The molecule has 0 aliphatic heterocycles. The van der Waals surface area contributed by atoms with E-state index in [2.05, 4.69) is 9.57 Å². The summed E-state index contributed by atoms with van der Waals surface area (Å²) in [6.45, 7) is 3.15. The van der Waals surface area contributed by atoms with E-state index in [1.165, 1.54) is 0 Å². The summed E-state index contributed by atoms with van der Waals surface area (Å²) in [5, 5.41) is 0. The number of carbonyl (C=O) groups excluding carboxylic acids is 3. The first-order valence-corrected chi connectivity index (χ1v) is 6.84. The van der Waals surface area contributed by atoms with Crippen LogP contribution in [0.2, 0.25) is 0 Å². The van der Waals surface area contributed by atoms with Crippen LogP contribution in [0.3, 0.4) is 0 Å². The van der Waals surface area contributed by atoms with Gasteiger partial charge in [0.05, 0.1) is 0 Å². The molecule has 0 aliphatic rings. The molecule has 0 saturated carbocycles. The van der Waals surface area contributed by atoms with Gasteiger partial charge in [-0.1, -0.05) is 44.2 Å². The molecule has 0 atom stereocenters. The minimum atomic E-state index is -1.61. The second kappa shape index (κ2) is 8.14. The lowest BCUT2D eigenvalue weighted by atomic mass is 9.82. The average Bonchev–Trinajstić information content (AvgIpc) is 2.55. The Kier molecular flexibility index (Phi) is 6.52. The zero-order valence-corrected chi connectivity index (χ0v) is 12.5. The maximum absolute atomic E-state index is 12.1. The molecule has 0 saturated heterocycles. The van der Waals surface area contributed by atoms with Crippen molar-refractivity contribution in [3.8, 4) is 0 Å². The summed E-state index contributed by atoms with van der Waals surface area (Å²) < 4.78 is 9.42. The molecule has 0 radical (unpaired) electrons. The summed E-state index contributed by atoms with van der Waals surface area (Å²) in [5.74, 6) is 2.86. The normalized spacial score (nSPS) is 10.7. The van der Waals surface area contributed by atoms with Crippen molar-refractivity contribution < 1.29 is 28.7 Å². The number of rotatable bonds is 6. The number of benzene rings is 1. The van der Waals surface area contributed by atoms with Crippen LogP contribution in [0.1, 0.15) is 32.3 Å². The van der Waals surface area contributed by atoms with Gasteiger partial charge >= 0.3 is 18.1 Å². The van der Waals surface area contributed by atoms with E-state index in [1.807, 2.05) is 6.07 Å². The van der Waals surface area contributed by atoms with Crippen LogP contribution in [-0.2, 0) is 30.5 Å². The molecule has 22 heavy (non-hydrogen) atoms. The van der Waals surface area contributed by atoms with Crippen LogP contribution in [0.4, 0.5) is 4.79 Å². The Hall–Kier alpha value is -2.41. The molecule has 2 N–H and O–H groups in total. The highest BCUT2D eigenvalue weighted by molar-refractivity contribution is 6.02. The first-order valence-electron chi connectivity index (χ1n) is 6.84. The molecule has 1 aromatic carbocycles. The van der Waals surface area contributed by atoms with Crippen LogP contribution in [0.5, 0.6) is 0 Å². The standard InChI is InChI=1S/C15H19NO6/c1-3-15(4-2,13(18)22-16)12(17)21-14(19)20-10-11-8-6-5-7-9-11/h5-9H,3-4,10,16H2,1-2H3. The third-order valence-corrected chi connectivity index (χ3v) is 3.47. The van der Waals surface area contributed by atoms with Gasteiger partial charge in [-0.25, -0.2) is 9.59 Å². The number of hydrogen-bond donors (Lipinski definition) is 1. The Balaban J connectivity index is 2.65. The Morgan fingerprint density at radius 1 is 1.05 bits per heavy atom. The molecule has 7 nitrogen and oxygen atoms in total.